The number of nitrogens with two attached hydrogens (primary N) is 1. The zero-order chi connectivity index (χ0) is 14.1. The molecular formula is C14H16N4O2. The predicted octanol–water partition coefficient (Wildman–Crippen LogP) is 0.162. The van der Waals surface area contributed by atoms with Gasteiger partial charge in [-0.25, -0.2) is 4.98 Å². The first-order valence-electron chi connectivity index (χ1n) is 6.68. The molecule has 1 fully saturated rings. The van der Waals surface area contributed by atoms with Crippen LogP contribution in [0.15, 0.2) is 35.4 Å². The lowest BCUT2D eigenvalue weighted by molar-refractivity contribution is 0.0931. The molecule has 0 bridgehead atoms. The van der Waals surface area contributed by atoms with Gasteiger partial charge in [0.15, 0.2) is 0 Å². The van der Waals surface area contributed by atoms with Crippen LogP contribution in [0.4, 0.5) is 0 Å². The molecule has 1 amide bonds. The third kappa shape index (κ3) is 2.30. The van der Waals surface area contributed by atoms with Crippen LogP contribution in [0.5, 0.6) is 0 Å². The number of rotatable bonds is 4. The highest BCUT2D eigenvalue weighted by Gasteiger charge is 2.31. The molecule has 1 aliphatic carbocycles. The second-order valence-corrected chi connectivity index (χ2v) is 5.06. The summed E-state index contributed by atoms with van der Waals surface area (Å²) in [5, 5.41) is 2.83. The minimum Gasteiger partial charge on any atom is -0.348 e. The van der Waals surface area contributed by atoms with Crippen molar-refractivity contribution in [3.63, 3.8) is 0 Å². The van der Waals surface area contributed by atoms with Crippen LogP contribution >= 0.6 is 0 Å². The zero-order valence-electron chi connectivity index (χ0n) is 11.0. The van der Waals surface area contributed by atoms with E-state index < -0.39 is 5.91 Å². The molecule has 6 heteroatoms. The molecule has 0 saturated heterocycles. The highest BCUT2D eigenvalue weighted by molar-refractivity contribution is 5.94. The largest absolute Gasteiger partial charge is 0.348 e. The fourth-order valence-corrected chi connectivity index (χ4v) is 2.30. The zero-order valence-corrected chi connectivity index (χ0v) is 11.0. The van der Waals surface area contributed by atoms with E-state index >= 15 is 0 Å². The molecule has 0 aliphatic heterocycles. The third-order valence-corrected chi connectivity index (χ3v) is 3.62. The first-order valence-corrected chi connectivity index (χ1v) is 6.68. The number of aromatic nitrogens is 2. The topological polar surface area (TPSA) is 89.5 Å². The standard InChI is InChI=1S/C14H16N4O2/c15-7-11(9-4-5-9)17-13(19)10-8-16-12-3-1-2-6-18(12)14(10)20/h1-3,6,8-9,11H,4-5,7,15H2,(H,17,19). The van der Waals surface area contributed by atoms with Gasteiger partial charge in [0.1, 0.15) is 11.2 Å². The number of nitrogens with zero attached hydrogens (tertiary/aromatic N) is 2. The smallest absolute Gasteiger partial charge is 0.270 e. The van der Waals surface area contributed by atoms with Crippen molar-refractivity contribution >= 4 is 11.6 Å². The van der Waals surface area contributed by atoms with Crippen molar-refractivity contribution in [3.05, 3.63) is 46.5 Å². The Bertz CT molecular complexity index is 706. The maximum Gasteiger partial charge on any atom is 0.270 e. The molecule has 3 rings (SSSR count). The Balaban J connectivity index is 1.91. The highest BCUT2D eigenvalue weighted by Crippen LogP contribution is 2.32. The van der Waals surface area contributed by atoms with Gasteiger partial charge in [-0.1, -0.05) is 6.07 Å². The summed E-state index contributed by atoms with van der Waals surface area (Å²) in [7, 11) is 0. The van der Waals surface area contributed by atoms with Crippen LogP contribution < -0.4 is 16.6 Å². The van der Waals surface area contributed by atoms with Gasteiger partial charge in [0.2, 0.25) is 0 Å². The molecular weight excluding hydrogens is 256 g/mol. The summed E-state index contributed by atoms with van der Waals surface area (Å²) in [4.78, 5) is 28.6. The van der Waals surface area contributed by atoms with E-state index in [9.17, 15) is 9.59 Å². The molecule has 104 valence electrons. The Labute approximate surface area is 115 Å². The summed E-state index contributed by atoms with van der Waals surface area (Å²) in [6, 6.07) is 5.18. The summed E-state index contributed by atoms with van der Waals surface area (Å²) >= 11 is 0. The second kappa shape index (κ2) is 5.05. The Kier molecular flexibility index (Phi) is 3.23. The maximum absolute atomic E-state index is 12.3. The first-order chi connectivity index (χ1) is 9.70. The molecule has 2 aromatic heterocycles. The van der Waals surface area contributed by atoms with Crippen LogP contribution in [0.1, 0.15) is 23.2 Å². The monoisotopic (exact) mass is 272 g/mol. The van der Waals surface area contributed by atoms with E-state index in [1.807, 2.05) is 0 Å². The molecule has 0 radical (unpaired) electrons. The van der Waals surface area contributed by atoms with Gasteiger partial charge in [0, 0.05) is 25.0 Å². The lowest BCUT2D eigenvalue weighted by Crippen LogP contribution is -2.43. The number of fused-ring (bicyclic) bond motifs is 1. The minimum absolute atomic E-state index is 0.0489. The molecule has 1 atom stereocenters. The number of carbonyl (C=O) groups excluding carboxylic acids is 1. The third-order valence-electron chi connectivity index (χ3n) is 3.62. The van der Waals surface area contributed by atoms with Crippen molar-refractivity contribution in [2.75, 3.05) is 6.54 Å². The van der Waals surface area contributed by atoms with Crippen LogP contribution in [0.2, 0.25) is 0 Å². The van der Waals surface area contributed by atoms with Gasteiger partial charge < -0.3 is 11.1 Å². The minimum atomic E-state index is -0.400. The van der Waals surface area contributed by atoms with E-state index in [2.05, 4.69) is 10.3 Å². The Hall–Kier alpha value is -2.21. The van der Waals surface area contributed by atoms with Crippen LogP contribution in [0.25, 0.3) is 5.65 Å². The van der Waals surface area contributed by atoms with Crippen molar-refractivity contribution in [2.24, 2.45) is 11.7 Å². The normalized spacial score (nSPS) is 16.1. The van der Waals surface area contributed by atoms with Crippen LogP contribution in [0, 0.1) is 5.92 Å². The number of hydrogen-bond donors (Lipinski definition) is 2. The van der Waals surface area contributed by atoms with E-state index in [-0.39, 0.29) is 17.2 Å². The molecule has 1 unspecified atom stereocenters. The summed E-state index contributed by atoms with van der Waals surface area (Å²) < 4.78 is 1.36. The summed E-state index contributed by atoms with van der Waals surface area (Å²) in [5.41, 5.74) is 5.86. The molecule has 2 heterocycles. The van der Waals surface area contributed by atoms with Gasteiger partial charge >= 0.3 is 0 Å². The van der Waals surface area contributed by atoms with Crippen molar-refractivity contribution < 1.29 is 4.79 Å². The van der Waals surface area contributed by atoms with E-state index in [1.165, 1.54) is 10.6 Å². The summed E-state index contributed by atoms with van der Waals surface area (Å²) in [5.74, 6) is 0.0447. The van der Waals surface area contributed by atoms with Crippen molar-refractivity contribution in [1.82, 2.24) is 14.7 Å². The summed E-state index contributed by atoms with van der Waals surface area (Å²) in [6.07, 6.45) is 5.09. The summed E-state index contributed by atoms with van der Waals surface area (Å²) in [6.45, 7) is 0.388. The number of pyridine rings is 1. The van der Waals surface area contributed by atoms with Gasteiger partial charge in [-0.2, -0.15) is 0 Å². The van der Waals surface area contributed by atoms with E-state index in [0.29, 0.717) is 18.1 Å². The SMILES string of the molecule is NCC(NC(=O)c1cnc2ccccn2c1=O)C1CC1. The lowest BCUT2D eigenvalue weighted by Gasteiger charge is -2.15. The van der Waals surface area contributed by atoms with Gasteiger partial charge in [0.25, 0.3) is 11.5 Å². The number of carbonyl (C=O) groups is 1. The van der Waals surface area contributed by atoms with E-state index in [1.54, 1.807) is 24.4 Å². The molecule has 20 heavy (non-hydrogen) atoms. The Morgan fingerprint density at radius 1 is 1.50 bits per heavy atom. The number of hydrogen-bond acceptors (Lipinski definition) is 4. The van der Waals surface area contributed by atoms with Crippen molar-refractivity contribution in [1.29, 1.82) is 0 Å². The van der Waals surface area contributed by atoms with Gasteiger partial charge in [-0.3, -0.25) is 14.0 Å². The van der Waals surface area contributed by atoms with E-state index in [4.69, 9.17) is 5.73 Å². The fourth-order valence-electron chi connectivity index (χ4n) is 2.30. The van der Waals surface area contributed by atoms with Crippen molar-refractivity contribution in [3.8, 4) is 0 Å². The van der Waals surface area contributed by atoms with Gasteiger partial charge in [-0.05, 0) is 30.9 Å². The average Bonchev–Trinajstić information content (AvgIpc) is 3.30. The Morgan fingerprint density at radius 2 is 2.30 bits per heavy atom. The average molecular weight is 272 g/mol. The molecule has 6 nitrogen and oxygen atoms in total. The van der Waals surface area contributed by atoms with Gasteiger partial charge in [-0.15, -0.1) is 0 Å². The molecule has 0 spiro atoms. The Morgan fingerprint density at radius 3 is 3.00 bits per heavy atom. The van der Waals surface area contributed by atoms with Crippen LogP contribution in [-0.4, -0.2) is 27.9 Å². The van der Waals surface area contributed by atoms with Crippen LogP contribution in [-0.2, 0) is 0 Å². The first kappa shape index (κ1) is 12.8. The molecule has 1 saturated carbocycles. The highest BCUT2D eigenvalue weighted by atomic mass is 16.2. The second-order valence-electron chi connectivity index (χ2n) is 5.06. The lowest BCUT2D eigenvalue weighted by atomic mass is 10.1. The number of nitrogens with one attached hydrogen (secondary N) is 1. The predicted molar refractivity (Wildman–Crippen MR) is 74.5 cm³/mol. The van der Waals surface area contributed by atoms with Crippen LogP contribution in [0.3, 0.4) is 0 Å². The fraction of sp³-hybridized carbons (Fsp3) is 0.357. The molecule has 1 aliphatic rings. The van der Waals surface area contributed by atoms with Crippen molar-refractivity contribution in [2.45, 2.75) is 18.9 Å². The van der Waals surface area contributed by atoms with E-state index in [0.717, 1.165) is 12.8 Å². The quantitative estimate of drug-likeness (QED) is 0.829. The maximum atomic E-state index is 12.3. The van der Waals surface area contributed by atoms with Gasteiger partial charge in [0.05, 0.1) is 0 Å². The molecule has 2 aromatic rings. The molecule has 0 aromatic carbocycles. The number of amides is 1. The molecule has 3 N–H and O–H groups in total.